The number of amides is 2. The van der Waals surface area contributed by atoms with Crippen molar-refractivity contribution in [2.45, 2.75) is 19.3 Å². The highest BCUT2D eigenvalue weighted by Crippen LogP contribution is 2.08. The Morgan fingerprint density at radius 2 is 2.00 bits per heavy atom. The van der Waals surface area contributed by atoms with E-state index >= 15 is 0 Å². The molecule has 5 nitrogen and oxygen atoms in total. The van der Waals surface area contributed by atoms with Crippen LogP contribution >= 0.6 is 0 Å². The van der Waals surface area contributed by atoms with Gasteiger partial charge >= 0.3 is 0 Å². The van der Waals surface area contributed by atoms with Gasteiger partial charge in [0.2, 0.25) is 11.8 Å². The Kier molecular flexibility index (Phi) is 5.10. The molecule has 86 valence electrons. The highest BCUT2D eigenvalue weighted by atomic mass is 16.5. The number of nitrogens with one attached hydrogen (secondary N) is 1. The fourth-order valence-corrected chi connectivity index (χ4v) is 1.62. The first-order valence-electron chi connectivity index (χ1n) is 5.27. The van der Waals surface area contributed by atoms with Crippen molar-refractivity contribution in [2.24, 2.45) is 0 Å². The molecule has 0 aromatic carbocycles. The lowest BCUT2D eigenvalue weighted by Gasteiger charge is -2.14. The van der Waals surface area contributed by atoms with Crippen LogP contribution in [0.5, 0.6) is 0 Å². The van der Waals surface area contributed by atoms with E-state index in [1.165, 1.54) is 7.11 Å². The molecule has 0 unspecified atom stereocenters. The summed E-state index contributed by atoms with van der Waals surface area (Å²) in [6, 6.07) is 0. The maximum absolute atomic E-state index is 11.5. The van der Waals surface area contributed by atoms with Crippen LogP contribution in [0, 0.1) is 0 Å². The van der Waals surface area contributed by atoms with E-state index in [1.54, 1.807) is 0 Å². The Morgan fingerprint density at radius 3 is 2.60 bits per heavy atom. The first-order valence-corrected chi connectivity index (χ1v) is 5.27. The summed E-state index contributed by atoms with van der Waals surface area (Å²) in [4.78, 5) is 24.4. The molecular weight excluding hydrogens is 196 g/mol. The second kappa shape index (κ2) is 6.40. The van der Waals surface area contributed by atoms with Crippen molar-refractivity contribution in [3.05, 3.63) is 0 Å². The molecule has 0 atom stereocenters. The summed E-state index contributed by atoms with van der Waals surface area (Å²) in [6.45, 7) is 2.19. The molecule has 1 rings (SSSR count). The summed E-state index contributed by atoms with van der Waals surface area (Å²) < 4.78 is 4.65. The summed E-state index contributed by atoms with van der Waals surface area (Å²) in [5.74, 6) is -0.0445. The van der Waals surface area contributed by atoms with E-state index in [1.807, 2.05) is 4.90 Å². The number of hydrogen-bond acceptors (Lipinski definition) is 3. The first kappa shape index (κ1) is 12.0. The molecule has 1 aliphatic rings. The molecule has 1 N–H and O–H groups in total. The van der Waals surface area contributed by atoms with E-state index in [0.29, 0.717) is 13.0 Å². The number of likely N-dealkylation sites (tertiary alicyclic amines) is 1. The summed E-state index contributed by atoms with van der Waals surface area (Å²) in [6.07, 6.45) is 2.58. The predicted octanol–water partition coefficient (Wildman–Crippen LogP) is -0.238. The number of nitrogens with zero attached hydrogens (tertiary/aromatic N) is 1. The van der Waals surface area contributed by atoms with E-state index in [9.17, 15) is 9.59 Å². The number of hydrogen-bond donors (Lipinski definition) is 1. The van der Waals surface area contributed by atoms with Crippen LogP contribution in [-0.4, -0.2) is 50.1 Å². The third-order valence-corrected chi connectivity index (χ3v) is 2.40. The van der Waals surface area contributed by atoms with Crippen molar-refractivity contribution in [3.63, 3.8) is 0 Å². The van der Waals surface area contributed by atoms with Crippen LogP contribution in [0.25, 0.3) is 0 Å². The van der Waals surface area contributed by atoms with Gasteiger partial charge in [-0.1, -0.05) is 0 Å². The lowest BCUT2D eigenvalue weighted by molar-refractivity contribution is -0.130. The molecule has 0 aromatic heterocycles. The van der Waals surface area contributed by atoms with Crippen LogP contribution in [-0.2, 0) is 14.3 Å². The zero-order valence-corrected chi connectivity index (χ0v) is 9.12. The molecule has 0 radical (unpaired) electrons. The molecule has 15 heavy (non-hydrogen) atoms. The number of carbonyl (C=O) groups is 2. The van der Waals surface area contributed by atoms with E-state index in [4.69, 9.17) is 0 Å². The summed E-state index contributed by atoms with van der Waals surface area (Å²) in [7, 11) is 1.47. The van der Waals surface area contributed by atoms with Crippen LogP contribution < -0.4 is 5.32 Å². The Balaban J connectivity index is 2.08. The topological polar surface area (TPSA) is 58.6 Å². The maximum atomic E-state index is 11.5. The average Bonchev–Trinajstić information content (AvgIpc) is 2.70. The van der Waals surface area contributed by atoms with Gasteiger partial charge in [-0.15, -0.1) is 0 Å². The van der Waals surface area contributed by atoms with Gasteiger partial charge < -0.3 is 15.0 Å². The van der Waals surface area contributed by atoms with Crippen molar-refractivity contribution in [1.29, 1.82) is 0 Å². The molecule has 1 saturated heterocycles. The van der Waals surface area contributed by atoms with E-state index in [2.05, 4.69) is 10.1 Å². The predicted molar refractivity (Wildman–Crippen MR) is 55.3 cm³/mol. The lowest BCUT2D eigenvalue weighted by Crippen LogP contribution is -2.33. The number of carbonyl (C=O) groups excluding carboxylic acids is 2. The minimum atomic E-state index is -0.174. The van der Waals surface area contributed by atoms with Gasteiger partial charge in [0.1, 0.15) is 6.61 Å². The lowest BCUT2D eigenvalue weighted by atomic mass is 10.3. The third kappa shape index (κ3) is 4.29. The molecule has 0 aromatic rings. The molecule has 0 spiro atoms. The zero-order chi connectivity index (χ0) is 11.1. The molecule has 0 saturated carbocycles. The number of ether oxygens (including phenoxy) is 1. The van der Waals surface area contributed by atoms with Gasteiger partial charge in [0, 0.05) is 33.2 Å². The van der Waals surface area contributed by atoms with Gasteiger partial charge in [-0.3, -0.25) is 9.59 Å². The largest absolute Gasteiger partial charge is 0.375 e. The van der Waals surface area contributed by atoms with Crippen molar-refractivity contribution in [1.82, 2.24) is 10.2 Å². The van der Waals surface area contributed by atoms with Gasteiger partial charge in [0.25, 0.3) is 0 Å². The zero-order valence-electron chi connectivity index (χ0n) is 9.12. The van der Waals surface area contributed by atoms with Crippen LogP contribution in [0.4, 0.5) is 0 Å². The summed E-state index contributed by atoms with van der Waals surface area (Å²) in [5, 5.41) is 2.63. The fourth-order valence-electron chi connectivity index (χ4n) is 1.62. The SMILES string of the molecule is COCC(=O)NCCC(=O)N1CCCC1. The van der Waals surface area contributed by atoms with Crippen LogP contribution in [0.15, 0.2) is 0 Å². The average molecular weight is 214 g/mol. The van der Waals surface area contributed by atoms with Gasteiger partial charge in [0.15, 0.2) is 0 Å². The van der Waals surface area contributed by atoms with Crippen LogP contribution in [0.3, 0.4) is 0 Å². The van der Waals surface area contributed by atoms with E-state index in [0.717, 1.165) is 25.9 Å². The second-order valence-corrected chi connectivity index (χ2v) is 3.62. The van der Waals surface area contributed by atoms with E-state index < -0.39 is 0 Å². The molecule has 1 aliphatic heterocycles. The molecule has 1 heterocycles. The molecule has 0 aliphatic carbocycles. The maximum Gasteiger partial charge on any atom is 0.245 e. The Morgan fingerprint density at radius 1 is 1.33 bits per heavy atom. The Bertz CT molecular complexity index is 225. The quantitative estimate of drug-likeness (QED) is 0.687. The van der Waals surface area contributed by atoms with Crippen LogP contribution in [0.1, 0.15) is 19.3 Å². The minimum Gasteiger partial charge on any atom is -0.375 e. The Labute approximate surface area is 89.8 Å². The highest BCUT2D eigenvalue weighted by molar-refractivity contribution is 5.79. The second-order valence-electron chi connectivity index (χ2n) is 3.62. The number of rotatable bonds is 5. The summed E-state index contributed by atoms with van der Waals surface area (Å²) in [5.41, 5.74) is 0. The molecule has 5 heteroatoms. The Hall–Kier alpha value is -1.10. The third-order valence-electron chi connectivity index (χ3n) is 2.40. The standard InChI is InChI=1S/C10H18N2O3/c1-15-8-9(13)11-5-4-10(14)12-6-2-3-7-12/h2-8H2,1H3,(H,11,13). The normalized spacial score (nSPS) is 15.4. The van der Waals surface area contributed by atoms with Gasteiger partial charge in [-0.05, 0) is 12.8 Å². The van der Waals surface area contributed by atoms with Crippen molar-refractivity contribution in [2.75, 3.05) is 33.4 Å². The molecule has 0 bridgehead atoms. The monoisotopic (exact) mass is 214 g/mol. The van der Waals surface area contributed by atoms with Gasteiger partial charge in [0.05, 0.1) is 0 Å². The van der Waals surface area contributed by atoms with Gasteiger partial charge in [-0.25, -0.2) is 0 Å². The molecule has 1 fully saturated rings. The van der Waals surface area contributed by atoms with Crippen molar-refractivity contribution >= 4 is 11.8 Å². The highest BCUT2D eigenvalue weighted by Gasteiger charge is 2.17. The minimum absolute atomic E-state index is 0.0535. The van der Waals surface area contributed by atoms with Crippen LogP contribution in [0.2, 0.25) is 0 Å². The summed E-state index contributed by atoms with van der Waals surface area (Å²) >= 11 is 0. The first-order chi connectivity index (χ1) is 7.24. The number of methoxy groups -OCH3 is 1. The van der Waals surface area contributed by atoms with Gasteiger partial charge in [-0.2, -0.15) is 0 Å². The molecule has 2 amide bonds. The van der Waals surface area contributed by atoms with Crippen molar-refractivity contribution in [3.8, 4) is 0 Å². The van der Waals surface area contributed by atoms with E-state index in [-0.39, 0.29) is 18.4 Å². The smallest absolute Gasteiger partial charge is 0.245 e. The molecular formula is C10H18N2O3. The fraction of sp³-hybridized carbons (Fsp3) is 0.800. The van der Waals surface area contributed by atoms with Crippen molar-refractivity contribution < 1.29 is 14.3 Å².